The van der Waals surface area contributed by atoms with E-state index < -0.39 is 35.0 Å². The van der Waals surface area contributed by atoms with E-state index in [1.165, 1.54) is 37.3 Å². The standard InChI is InChI=1S/C31H20Cl2F3N3O4S/c1-2-42-29(41)25-26(19-7-9-21(32)10-8-19)39-28(40)24(44-30(39)38-27(25)31(34,35)36)14-20-13-22(33)11-12-23(20)43-16-18-5-3-17(15-37)4-6-18/h3-14,26H,2,16H2,1H3/b24-14-/t26-/m0/s1. The molecule has 2 heterocycles. The van der Waals surface area contributed by atoms with E-state index >= 15 is 0 Å². The number of carbonyl (C=O) groups excluding carboxylic acids is 1. The number of nitriles is 1. The molecule has 13 heteroatoms. The van der Waals surface area contributed by atoms with Gasteiger partial charge in [-0.1, -0.05) is 58.8 Å². The molecule has 1 aromatic heterocycles. The van der Waals surface area contributed by atoms with Crippen molar-refractivity contribution in [3.05, 3.63) is 130 Å². The van der Waals surface area contributed by atoms with Crippen LogP contribution in [0.25, 0.3) is 6.08 Å². The first kappa shape index (κ1) is 31.1. The molecule has 1 atom stereocenters. The Hall–Kier alpha value is -4.37. The molecule has 0 N–H and O–H groups in total. The van der Waals surface area contributed by atoms with Gasteiger partial charge in [-0.05, 0) is 66.6 Å². The number of thiazole rings is 1. The molecule has 1 aliphatic heterocycles. The zero-order chi connectivity index (χ0) is 31.6. The molecule has 5 rings (SSSR count). The maximum Gasteiger partial charge on any atom is 0.434 e. The fourth-order valence-corrected chi connectivity index (χ4v) is 5.84. The number of halogens is 5. The third-order valence-electron chi connectivity index (χ3n) is 6.52. The lowest BCUT2D eigenvalue weighted by atomic mass is 9.95. The van der Waals surface area contributed by atoms with Gasteiger partial charge in [-0.15, -0.1) is 0 Å². The summed E-state index contributed by atoms with van der Waals surface area (Å²) in [7, 11) is 0. The Morgan fingerprint density at radius 2 is 1.77 bits per heavy atom. The Labute approximate surface area is 262 Å². The van der Waals surface area contributed by atoms with E-state index in [4.69, 9.17) is 37.9 Å². The van der Waals surface area contributed by atoms with Crippen LogP contribution in [0.1, 0.15) is 35.2 Å². The second kappa shape index (κ2) is 12.7. The molecule has 0 spiro atoms. The molecule has 0 radical (unpaired) electrons. The minimum atomic E-state index is -5.03. The molecule has 0 fully saturated rings. The van der Waals surface area contributed by atoms with Gasteiger partial charge in [0.25, 0.3) is 5.56 Å². The number of alkyl halides is 3. The van der Waals surface area contributed by atoms with Crippen LogP contribution in [0.3, 0.4) is 0 Å². The molecular formula is C31H20Cl2F3N3O4S. The van der Waals surface area contributed by atoms with Crippen molar-refractivity contribution in [1.82, 2.24) is 4.57 Å². The lowest BCUT2D eigenvalue weighted by Gasteiger charge is -2.26. The van der Waals surface area contributed by atoms with E-state index in [1.54, 1.807) is 42.5 Å². The second-order valence-corrected chi connectivity index (χ2v) is 11.3. The zero-order valence-electron chi connectivity index (χ0n) is 22.7. The van der Waals surface area contributed by atoms with Gasteiger partial charge in [0, 0.05) is 15.6 Å². The van der Waals surface area contributed by atoms with E-state index in [2.05, 4.69) is 4.99 Å². The molecule has 7 nitrogen and oxygen atoms in total. The van der Waals surface area contributed by atoms with Gasteiger partial charge >= 0.3 is 12.1 Å². The molecule has 1 aliphatic rings. The van der Waals surface area contributed by atoms with Crippen LogP contribution in [0.5, 0.6) is 5.75 Å². The van der Waals surface area contributed by atoms with Crippen molar-refractivity contribution in [3.63, 3.8) is 0 Å². The van der Waals surface area contributed by atoms with Crippen LogP contribution in [-0.4, -0.2) is 23.3 Å². The van der Waals surface area contributed by atoms with E-state index in [-0.39, 0.29) is 28.1 Å². The average Bonchev–Trinajstić information content (AvgIpc) is 3.30. The SMILES string of the molecule is CCOC(=O)C1=C(C(F)(F)F)N=c2s/c(=C\c3cc(Cl)ccc3OCc3ccc(C#N)cc3)c(=O)n2[C@H]1c1ccc(Cl)cc1. The summed E-state index contributed by atoms with van der Waals surface area (Å²) in [6.45, 7) is 1.40. The number of benzene rings is 3. The van der Waals surface area contributed by atoms with Gasteiger partial charge < -0.3 is 9.47 Å². The number of carbonyl (C=O) groups is 1. The summed E-state index contributed by atoms with van der Waals surface area (Å²) in [5, 5.41) is 9.66. The van der Waals surface area contributed by atoms with Gasteiger partial charge in [0.15, 0.2) is 10.5 Å². The molecule has 0 amide bonds. The number of esters is 1. The lowest BCUT2D eigenvalue weighted by molar-refractivity contribution is -0.140. The van der Waals surface area contributed by atoms with Crippen molar-refractivity contribution in [1.29, 1.82) is 5.26 Å². The number of hydrogen-bond acceptors (Lipinski definition) is 7. The average molecular weight is 658 g/mol. The summed E-state index contributed by atoms with van der Waals surface area (Å²) in [5.74, 6) is -0.895. The normalized spacial score (nSPS) is 14.9. The lowest BCUT2D eigenvalue weighted by Crippen LogP contribution is -2.41. The number of nitrogens with zero attached hydrogens (tertiary/aromatic N) is 3. The van der Waals surface area contributed by atoms with E-state index in [0.717, 1.165) is 21.5 Å². The van der Waals surface area contributed by atoms with E-state index in [1.807, 2.05) is 6.07 Å². The van der Waals surface area contributed by atoms with Crippen molar-refractivity contribution in [2.75, 3.05) is 6.61 Å². The first-order valence-electron chi connectivity index (χ1n) is 13.0. The number of aromatic nitrogens is 1. The summed E-state index contributed by atoms with van der Waals surface area (Å²) in [6.07, 6.45) is -3.58. The minimum Gasteiger partial charge on any atom is -0.488 e. The topological polar surface area (TPSA) is 93.7 Å². The molecule has 0 bridgehead atoms. The minimum absolute atomic E-state index is 0.0276. The summed E-state index contributed by atoms with van der Waals surface area (Å²) in [5.41, 5.74) is -1.08. The van der Waals surface area contributed by atoms with Crippen LogP contribution < -0.4 is 19.6 Å². The monoisotopic (exact) mass is 657 g/mol. The van der Waals surface area contributed by atoms with Gasteiger partial charge in [-0.2, -0.15) is 18.4 Å². The number of hydrogen-bond donors (Lipinski definition) is 0. The predicted octanol–water partition coefficient (Wildman–Crippen LogP) is 6.10. The molecule has 0 aliphatic carbocycles. The zero-order valence-corrected chi connectivity index (χ0v) is 25.0. The highest BCUT2D eigenvalue weighted by Crippen LogP contribution is 2.38. The quantitative estimate of drug-likeness (QED) is 0.224. The Morgan fingerprint density at radius 1 is 1.09 bits per heavy atom. The predicted molar refractivity (Wildman–Crippen MR) is 159 cm³/mol. The summed E-state index contributed by atoms with van der Waals surface area (Å²) in [6, 6.07) is 17.9. The van der Waals surface area contributed by atoms with Gasteiger partial charge in [-0.25, -0.2) is 9.79 Å². The van der Waals surface area contributed by atoms with Crippen molar-refractivity contribution in [3.8, 4) is 11.8 Å². The van der Waals surface area contributed by atoms with Crippen LogP contribution in [0.2, 0.25) is 10.0 Å². The molecule has 44 heavy (non-hydrogen) atoms. The molecule has 224 valence electrons. The summed E-state index contributed by atoms with van der Waals surface area (Å²) < 4.78 is 55.1. The molecule has 0 unspecified atom stereocenters. The molecule has 0 saturated heterocycles. The first-order chi connectivity index (χ1) is 21.0. The number of ether oxygens (including phenoxy) is 2. The van der Waals surface area contributed by atoms with Crippen LogP contribution in [-0.2, 0) is 16.1 Å². The molecule has 4 aromatic rings. The third kappa shape index (κ3) is 6.43. The van der Waals surface area contributed by atoms with Crippen molar-refractivity contribution in [2.24, 2.45) is 4.99 Å². The third-order valence-corrected chi connectivity index (χ3v) is 7.99. The van der Waals surface area contributed by atoms with Crippen molar-refractivity contribution in [2.45, 2.75) is 25.7 Å². The van der Waals surface area contributed by atoms with Gasteiger partial charge in [0.2, 0.25) is 0 Å². The second-order valence-electron chi connectivity index (χ2n) is 9.39. The highest BCUT2D eigenvalue weighted by Gasteiger charge is 2.45. The van der Waals surface area contributed by atoms with Crippen LogP contribution in [0.4, 0.5) is 13.2 Å². The first-order valence-corrected chi connectivity index (χ1v) is 14.5. The number of allylic oxidation sites excluding steroid dienone is 1. The van der Waals surface area contributed by atoms with Gasteiger partial charge in [-0.3, -0.25) is 9.36 Å². The van der Waals surface area contributed by atoms with Gasteiger partial charge in [0.1, 0.15) is 12.4 Å². The number of fused-ring (bicyclic) bond motifs is 1. The van der Waals surface area contributed by atoms with Crippen LogP contribution >= 0.6 is 34.5 Å². The Kier molecular flexibility index (Phi) is 8.97. The number of rotatable bonds is 7. The largest absolute Gasteiger partial charge is 0.488 e. The van der Waals surface area contributed by atoms with Crippen LogP contribution in [0, 0.1) is 11.3 Å². The summed E-state index contributed by atoms with van der Waals surface area (Å²) in [4.78, 5) is 30.4. The maximum absolute atomic E-state index is 14.3. The Bertz CT molecular complexity index is 2000. The fourth-order valence-electron chi connectivity index (χ4n) is 4.54. The van der Waals surface area contributed by atoms with E-state index in [0.29, 0.717) is 26.9 Å². The van der Waals surface area contributed by atoms with Crippen LogP contribution in [0.15, 0.2) is 87.8 Å². The Balaban J connectivity index is 1.66. The summed E-state index contributed by atoms with van der Waals surface area (Å²) >= 11 is 13.0. The highest BCUT2D eigenvalue weighted by atomic mass is 35.5. The smallest absolute Gasteiger partial charge is 0.434 e. The molecular weight excluding hydrogens is 638 g/mol. The molecule has 0 saturated carbocycles. The van der Waals surface area contributed by atoms with Gasteiger partial charge in [0.05, 0.1) is 34.4 Å². The fraction of sp³-hybridized carbons (Fsp3) is 0.161. The van der Waals surface area contributed by atoms with Crippen molar-refractivity contribution >= 4 is 46.6 Å². The Morgan fingerprint density at radius 3 is 2.41 bits per heavy atom. The van der Waals surface area contributed by atoms with Crippen molar-refractivity contribution < 1.29 is 27.4 Å². The maximum atomic E-state index is 14.3. The molecule has 3 aromatic carbocycles. The van der Waals surface area contributed by atoms with E-state index in [9.17, 15) is 22.8 Å². The highest BCUT2D eigenvalue weighted by molar-refractivity contribution is 7.07.